The molecule has 0 aromatic heterocycles. The highest BCUT2D eigenvalue weighted by Gasteiger charge is 2.28. The van der Waals surface area contributed by atoms with Crippen molar-refractivity contribution in [3.63, 3.8) is 0 Å². The Labute approximate surface area is 112 Å². The minimum atomic E-state index is -0.910. The first-order valence-corrected chi connectivity index (χ1v) is 6.21. The number of hydrogen-bond acceptors (Lipinski definition) is 3. The maximum Gasteiger partial charge on any atom is 0.320 e. The fourth-order valence-electron chi connectivity index (χ4n) is 2.21. The van der Waals surface area contributed by atoms with Gasteiger partial charge < -0.3 is 9.84 Å². The normalized spacial score (nSPS) is 14.2. The number of rotatable bonds is 6. The molecular formula is C14H20FNO3. The zero-order valence-electron chi connectivity index (χ0n) is 11.7. The van der Waals surface area contributed by atoms with E-state index in [1.165, 1.54) is 13.2 Å². The molecule has 5 heteroatoms. The first-order valence-electron chi connectivity index (χ1n) is 6.21. The summed E-state index contributed by atoms with van der Waals surface area (Å²) in [6.07, 6.45) is 0.451. The molecule has 1 N–H and O–H groups in total. The summed E-state index contributed by atoms with van der Waals surface area (Å²) < 4.78 is 19.1. The smallest absolute Gasteiger partial charge is 0.320 e. The molecule has 1 rings (SSSR count). The van der Waals surface area contributed by atoms with Crippen LogP contribution in [-0.4, -0.2) is 36.2 Å². The predicted octanol–water partition coefficient (Wildman–Crippen LogP) is 2.69. The average Bonchev–Trinajstić information content (AvgIpc) is 2.37. The minimum absolute atomic E-state index is 0.382. The van der Waals surface area contributed by atoms with Crippen molar-refractivity contribution in [2.24, 2.45) is 0 Å². The van der Waals surface area contributed by atoms with Crippen molar-refractivity contribution in [3.8, 4) is 5.75 Å². The number of hydrogen-bond donors (Lipinski definition) is 1. The van der Waals surface area contributed by atoms with Crippen molar-refractivity contribution in [1.82, 2.24) is 4.90 Å². The van der Waals surface area contributed by atoms with Crippen LogP contribution in [0.4, 0.5) is 4.39 Å². The molecule has 0 amide bonds. The van der Waals surface area contributed by atoms with Crippen LogP contribution >= 0.6 is 0 Å². The largest absolute Gasteiger partial charge is 0.496 e. The van der Waals surface area contributed by atoms with Gasteiger partial charge in [0, 0.05) is 11.6 Å². The third kappa shape index (κ3) is 3.23. The molecular weight excluding hydrogens is 249 g/mol. The molecule has 106 valence electrons. The SMILES string of the molecule is CCC(C(=O)O)N(C)C(C)c1c(F)cccc1OC. The van der Waals surface area contributed by atoms with Crippen LogP contribution in [0.1, 0.15) is 31.9 Å². The molecule has 2 atom stereocenters. The Hall–Kier alpha value is -1.62. The Morgan fingerprint density at radius 1 is 1.53 bits per heavy atom. The second kappa shape index (κ2) is 6.52. The summed E-state index contributed by atoms with van der Waals surface area (Å²) in [5, 5.41) is 9.17. The van der Waals surface area contributed by atoms with E-state index >= 15 is 0 Å². The van der Waals surface area contributed by atoms with Gasteiger partial charge in [0.2, 0.25) is 0 Å². The van der Waals surface area contributed by atoms with Crippen molar-refractivity contribution < 1.29 is 19.0 Å². The Bertz CT molecular complexity index is 450. The highest BCUT2D eigenvalue weighted by molar-refractivity contribution is 5.73. The summed E-state index contributed by atoms with van der Waals surface area (Å²) in [7, 11) is 3.15. The van der Waals surface area contributed by atoms with E-state index in [1.54, 1.807) is 37.9 Å². The number of methoxy groups -OCH3 is 1. The molecule has 19 heavy (non-hydrogen) atoms. The number of nitrogens with zero attached hydrogens (tertiary/aromatic N) is 1. The summed E-state index contributed by atoms with van der Waals surface area (Å²) >= 11 is 0. The Morgan fingerprint density at radius 3 is 2.63 bits per heavy atom. The number of halogens is 1. The first kappa shape index (κ1) is 15.4. The molecule has 0 saturated heterocycles. The van der Waals surface area contributed by atoms with Gasteiger partial charge in [-0.3, -0.25) is 9.69 Å². The third-order valence-electron chi connectivity index (χ3n) is 3.42. The molecule has 0 aliphatic rings. The van der Waals surface area contributed by atoms with Gasteiger partial charge in [-0.1, -0.05) is 13.0 Å². The van der Waals surface area contributed by atoms with Crippen LogP contribution in [0.2, 0.25) is 0 Å². The van der Waals surface area contributed by atoms with Gasteiger partial charge in [-0.2, -0.15) is 0 Å². The second-order valence-electron chi connectivity index (χ2n) is 4.46. The maximum absolute atomic E-state index is 14.0. The maximum atomic E-state index is 14.0. The zero-order valence-corrected chi connectivity index (χ0v) is 11.7. The highest BCUT2D eigenvalue weighted by Crippen LogP contribution is 2.32. The van der Waals surface area contributed by atoms with Crippen molar-refractivity contribution >= 4 is 5.97 Å². The zero-order chi connectivity index (χ0) is 14.6. The van der Waals surface area contributed by atoms with E-state index in [9.17, 15) is 9.18 Å². The number of likely N-dealkylation sites (N-methyl/N-ethyl adjacent to an activating group) is 1. The number of ether oxygens (including phenoxy) is 1. The number of benzene rings is 1. The number of aliphatic carboxylic acids is 1. The lowest BCUT2D eigenvalue weighted by Crippen LogP contribution is -2.39. The summed E-state index contributed by atoms with van der Waals surface area (Å²) in [5.41, 5.74) is 0.382. The number of carboxylic acids is 1. The van der Waals surface area contributed by atoms with Gasteiger partial charge in [-0.25, -0.2) is 4.39 Å². The molecule has 0 heterocycles. The fraction of sp³-hybridized carbons (Fsp3) is 0.500. The second-order valence-corrected chi connectivity index (χ2v) is 4.46. The molecule has 0 fully saturated rings. The van der Waals surface area contributed by atoms with Crippen molar-refractivity contribution in [1.29, 1.82) is 0 Å². The Balaban J connectivity index is 3.12. The van der Waals surface area contributed by atoms with Crippen LogP contribution in [-0.2, 0) is 4.79 Å². The molecule has 1 aromatic rings. The minimum Gasteiger partial charge on any atom is -0.496 e. The van der Waals surface area contributed by atoms with Crippen LogP contribution in [0.5, 0.6) is 5.75 Å². The first-order chi connectivity index (χ1) is 8.93. The molecule has 2 unspecified atom stereocenters. The van der Waals surface area contributed by atoms with E-state index in [4.69, 9.17) is 9.84 Å². The monoisotopic (exact) mass is 269 g/mol. The highest BCUT2D eigenvalue weighted by atomic mass is 19.1. The fourth-order valence-corrected chi connectivity index (χ4v) is 2.21. The topological polar surface area (TPSA) is 49.8 Å². The third-order valence-corrected chi connectivity index (χ3v) is 3.42. The standard InChI is InChI=1S/C14H20FNO3/c1-5-11(14(17)18)16(3)9(2)13-10(15)7-6-8-12(13)19-4/h6-9,11H,5H2,1-4H3,(H,17,18). The van der Waals surface area contributed by atoms with Crippen LogP contribution in [0.15, 0.2) is 18.2 Å². The molecule has 0 aliphatic carbocycles. The lowest BCUT2D eigenvalue weighted by molar-refractivity contribution is -0.143. The van der Waals surface area contributed by atoms with Gasteiger partial charge in [-0.05, 0) is 32.5 Å². The van der Waals surface area contributed by atoms with Crippen LogP contribution in [0.25, 0.3) is 0 Å². The number of carbonyl (C=O) groups is 1. The van der Waals surface area contributed by atoms with Crippen molar-refractivity contribution in [2.75, 3.05) is 14.2 Å². The van der Waals surface area contributed by atoms with E-state index in [2.05, 4.69) is 0 Å². The predicted molar refractivity (Wildman–Crippen MR) is 70.8 cm³/mol. The molecule has 0 saturated carbocycles. The Kier molecular flexibility index (Phi) is 5.30. The molecule has 0 aliphatic heterocycles. The van der Waals surface area contributed by atoms with E-state index in [1.807, 2.05) is 0 Å². The Morgan fingerprint density at radius 2 is 2.16 bits per heavy atom. The van der Waals surface area contributed by atoms with Gasteiger partial charge in [0.05, 0.1) is 7.11 Å². The van der Waals surface area contributed by atoms with E-state index in [0.717, 1.165) is 0 Å². The average molecular weight is 269 g/mol. The van der Waals surface area contributed by atoms with Gasteiger partial charge in [-0.15, -0.1) is 0 Å². The molecule has 4 nitrogen and oxygen atoms in total. The van der Waals surface area contributed by atoms with Gasteiger partial charge in [0.15, 0.2) is 0 Å². The number of carboxylic acid groups (broad SMARTS) is 1. The van der Waals surface area contributed by atoms with E-state index in [0.29, 0.717) is 17.7 Å². The molecule has 0 bridgehead atoms. The molecule has 1 aromatic carbocycles. The molecule has 0 radical (unpaired) electrons. The lowest BCUT2D eigenvalue weighted by Gasteiger charge is -2.31. The van der Waals surface area contributed by atoms with E-state index in [-0.39, 0.29) is 5.82 Å². The van der Waals surface area contributed by atoms with Crippen LogP contribution in [0, 0.1) is 5.82 Å². The molecule has 0 spiro atoms. The summed E-state index contributed by atoms with van der Waals surface area (Å²) in [6, 6.07) is 3.55. The summed E-state index contributed by atoms with van der Waals surface area (Å²) in [6.45, 7) is 3.56. The van der Waals surface area contributed by atoms with Crippen LogP contribution in [0.3, 0.4) is 0 Å². The summed E-state index contributed by atoms with van der Waals surface area (Å²) in [4.78, 5) is 12.8. The quantitative estimate of drug-likeness (QED) is 0.862. The van der Waals surface area contributed by atoms with Crippen molar-refractivity contribution in [2.45, 2.75) is 32.4 Å². The van der Waals surface area contributed by atoms with E-state index < -0.39 is 18.1 Å². The van der Waals surface area contributed by atoms with Crippen molar-refractivity contribution in [3.05, 3.63) is 29.6 Å². The lowest BCUT2D eigenvalue weighted by atomic mass is 10.0. The van der Waals surface area contributed by atoms with Crippen LogP contribution < -0.4 is 4.74 Å². The van der Waals surface area contributed by atoms with Gasteiger partial charge >= 0.3 is 5.97 Å². The summed E-state index contributed by atoms with van der Waals surface area (Å²) in [5.74, 6) is -0.870. The van der Waals surface area contributed by atoms with Gasteiger partial charge in [0.25, 0.3) is 0 Å². The van der Waals surface area contributed by atoms with Gasteiger partial charge in [0.1, 0.15) is 17.6 Å².